The van der Waals surface area contributed by atoms with Gasteiger partial charge in [-0.3, -0.25) is 0 Å². The second-order valence-electron chi connectivity index (χ2n) is 7.03. The Hall–Kier alpha value is -1.92. The van der Waals surface area contributed by atoms with Crippen molar-refractivity contribution < 1.29 is 29.7 Å². The van der Waals surface area contributed by atoms with Crippen LogP contribution in [0.25, 0.3) is 0 Å². The zero-order chi connectivity index (χ0) is 27.6. The number of phenols is 1. The number of hydrogen-bond acceptors (Lipinski definition) is 5. The molecule has 30 heavy (non-hydrogen) atoms. The van der Waals surface area contributed by atoms with Gasteiger partial charge in [0.05, 0.1) is 22.3 Å². The number of hydrogen-bond donors (Lipinski definition) is 4. The van der Waals surface area contributed by atoms with Crippen LogP contribution in [0.4, 0.5) is 0 Å². The van der Waals surface area contributed by atoms with Crippen LogP contribution in [0.2, 0.25) is 0 Å². The molecule has 0 saturated carbocycles. The Kier molecular flexibility index (Phi) is 7.89. The van der Waals surface area contributed by atoms with Gasteiger partial charge in [-0.25, -0.2) is 0 Å². The van der Waals surface area contributed by atoms with E-state index in [1.807, 2.05) is 30.3 Å². The molecule has 0 bridgehead atoms. The van der Waals surface area contributed by atoms with Crippen LogP contribution in [0.5, 0.6) is 5.75 Å². The molecule has 0 aliphatic heterocycles. The van der Waals surface area contributed by atoms with Crippen LogP contribution in [-0.2, 0) is 17.8 Å². The van der Waals surface area contributed by atoms with Gasteiger partial charge in [0, 0.05) is 25.2 Å². The first-order valence-corrected chi connectivity index (χ1v) is 10.4. The molecule has 1 atom stereocenters. The number of nitrogens with one attached hydrogen (secondary N) is 1. The Bertz CT molecular complexity index is 993. The lowest BCUT2D eigenvalue weighted by atomic mass is 10.1. The fourth-order valence-corrected chi connectivity index (χ4v) is 2.86. The Morgan fingerprint density at radius 1 is 1.00 bits per heavy atom. The topological polar surface area (TPSA) is 82.0 Å². The van der Waals surface area contributed by atoms with E-state index < -0.39 is 43.7 Å². The summed E-state index contributed by atoms with van der Waals surface area (Å²) in [6, 6.07) is 8.34. The molecule has 166 valence electrons. The van der Waals surface area contributed by atoms with Gasteiger partial charge in [-0.15, -0.1) is 0 Å². The molecule has 0 aliphatic rings. The fraction of sp³-hybridized carbons (Fsp3) is 0.520. The summed E-state index contributed by atoms with van der Waals surface area (Å²) >= 11 is 0. The highest BCUT2D eigenvalue weighted by Gasteiger charge is 2.09. The van der Waals surface area contributed by atoms with Crippen molar-refractivity contribution in [2.75, 3.05) is 26.2 Å². The van der Waals surface area contributed by atoms with E-state index in [0.717, 1.165) is 5.56 Å². The van der Waals surface area contributed by atoms with Gasteiger partial charge in [-0.2, -0.15) is 0 Å². The van der Waals surface area contributed by atoms with Crippen molar-refractivity contribution >= 4 is 0 Å². The molecule has 0 heterocycles. The Morgan fingerprint density at radius 2 is 1.73 bits per heavy atom. The van der Waals surface area contributed by atoms with Crippen molar-refractivity contribution in [3.05, 3.63) is 65.1 Å². The van der Waals surface area contributed by atoms with Crippen LogP contribution in [0.15, 0.2) is 48.5 Å². The van der Waals surface area contributed by atoms with Gasteiger partial charge < -0.3 is 25.4 Å². The highest BCUT2D eigenvalue weighted by atomic mass is 16.5. The first kappa shape index (κ1) is 15.8. The molecular weight excluding hydrogens is 378 g/mol. The minimum atomic E-state index is -2.09. The van der Waals surface area contributed by atoms with Crippen molar-refractivity contribution in [3.8, 4) is 5.75 Å². The number of aliphatic hydroxyl groups is 2. The number of benzene rings is 2. The largest absolute Gasteiger partial charge is 0.508 e. The maximum atomic E-state index is 10.4. The molecule has 2 aromatic rings. The predicted molar refractivity (Wildman–Crippen MR) is 121 cm³/mol. The molecule has 1 unspecified atom stereocenters. The average Bonchev–Trinajstić information content (AvgIpc) is 2.82. The second-order valence-corrected chi connectivity index (χ2v) is 7.03. The molecule has 4 N–H and O–H groups in total. The normalized spacial score (nSPS) is 16.5. The van der Waals surface area contributed by atoms with Gasteiger partial charge in [0.15, 0.2) is 0 Å². The number of ether oxygens (including phenoxy) is 1. The minimum absolute atomic E-state index is 0.0000311. The van der Waals surface area contributed by atoms with Crippen LogP contribution in [0.3, 0.4) is 0 Å². The standard InChI is InChI=1S/C25H37NO4/c27-20-23-18-22(13-14-24(23)28)25(29)19-26-15-7-1-2-8-16-30-17-9-6-12-21-10-4-3-5-11-21/h3-5,10-11,13-14,18,25-29H,1-2,6-9,12,15-17,19-20H2/i13D,14D,16D2,17D2,18D. The van der Waals surface area contributed by atoms with Crippen molar-refractivity contribution in [2.45, 2.75) is 57.7 Å². The Morgan fingerprint density at radius 3 is 2.50 bits per heavy atom. The van der Waals surface area contributed by atoms with Crippen LogP contribution in [-0.4, -0.2) is 41.5 Å². The van der Waals surface area contributed by atoms with Crippen LogP contribution in [0.1, 0.15) is 70.9 Å². The fourth-order valence-electron chi connectivity index (χ4n) is 2.86. The predicted octanol–water partition coefficient (Wildman–Crippen LogP) is 4.11. The van der Waals surface area contributed by atoms with E-state index in [4.69, 9.17) is 14.3 Å². The second kappa shape index (κ2) is 15.0. The molecule has 0 saturated heterocycles. The average molecular weight is 423 g/mol. The molecule has 0 fully saturated rings. The summed E-state index contributed by atoms with van der Waals surface area (Å²) in [4.78, 5) is 0. The molecule has 2 rings (SSSR count). The van der Waals surface area contributed by atoms with Gasteiger partial charge >= 0.3 is 0 Å². The van der Waals surface area contributed by atoms with Gasteiger partial charge in [-0.1, -0.05) is 49.2 Å². The van der Waals surface area contributed by atoms with Crippen molar-refractivity contribution in [3.63, 3.8) is 0 Å². The van der Waals surface area contributed by atoms with E-state index in [1.165, 1.54) is 0 Å². The Labute approximate surface area is 190 Å². The molecule has 5 nitrogen and oxygen atoms in total. The molecule has 0 spiro atoms. The molecule has 5 heteroatoms. The minimum Gasteiger partial charge on any atom is -0.508 e. The van der Waals surface area contributed by atoms with E-state index in [9.17, 15) is 15.3 Å². The van der Waals surface area contributed by atoms with Crippen molar-refractivity contribution in [1.29, 1.82) is 0 Å². The lowest BCUT2D eigenvalue weighted by Gasteiger charge is -2.14. The number of aromatic hydroxyl groups is 1. The summed E-state index contributed by atoms with van der Waals surface area (Å²) in [5.74, 6) is -0.634. The summed E-state index contributed by atoms with van der Waals surface area (Å²) in [5.41, 5.74) is 0.761. The lowest BCUT2D eigenvalue weighted by Crippen LogP contribution is -2.22. The SMILES string of the molecule is [2H]c1c([2H])c(C(O)CNCCCCCC([2H])([2H])OC([2H])([2H])CCCc2ccccc2)c([2H])c(CO)c1O. The number of aryl methyl sites for hydroxylation is 1. The first-order chi connectivity index (χ1) is 17.4. The number of rotatable bonds is 16. The highest BCUT2D eigenvalue weighted by Crippen LogP contribution is 2.22. The molecule has 2 aromatic carbocycles. The van der Waals surface area contributed by atoms with Crippen LogP contribution in [0, 0.1) is 0 Å². The third-order valence-electron chi connectivity index (χ3n) is 4.58. The van der Waals surface area contributed by atoms with Crippen LogP contribution < -0.4 is 5.32 Å². The van der Waals surface area contributed by atoms with E-state index in [0.29, 0.717) is 38.6 Å². The zero-order valence-electron chi connectivity index (χ0n) is 24.3. The van der Waals surface area contributed by atoms with Gasteiger partial charge in [0.25, 0.3) is 0 Å². The zero-order valence-corrected chi connectivity index (χ0v) is 17.3. The maximum Gasteiger partial charge on any atom is 0.121 e. The van der Waals surface area contributed by atoms with E-state index >= 15 is 0 Å². The van der Waals surface area contributed by atoms with Gasteiger partial charge in [-0.05, 0) is 61.9 Å². The number of aliphatic hydroxyl groups excluding tert-OH is 2. The Balaban J connectivity index is 1.69. The molecule has 0 aromatic heterocycles. The summed E-state index contributed by atoms with van der Waals surface area (Å²) in [6.45, 7) is -4.37. The maximum absolute atomic E-state index is 10.4. The van der Waals surface area contributed by atoms with Crippen LogP contribution >= 0.6 is 0 Å². The molecule has 0 aliphatic carbocycles. The monoisotopic (exact) mass is 422 g/mol. The first-order valence-electron chi connectivity index (χ1n) is 13.9. The quantitative estimate of drug-likeness (QED) is 0.306. The highest BCUT2D eigenvalue weighted by molar-refractivity contribution is 5.36. The third kappa shape index (κ3) is 9.72. The van der Waals surface area contributed by atoms with E-state index in [1.54, 1.807) is 0 Å². The lowest BCUT2D eigenvalue weighted by molar-refractivity contribution is 0.126. The number of unbranched alkanes of at least 4 members (excludes halogenated alkanes) is 2. The van der Waals surface area contributed by atoms with Crippen molar-refractivity contribution in [2.24, 2.45) is 0 Å². The smallest absolute Gasteiger partial charge is 0.121 e. The summed E-state index contributed by atoms with van der Waals surface area (Å²) in [6.07, 6.45) is 1.87. The van der Waals surface area contributed by atoms with E-state index in [-0.39, 0.29) is 36.6 Å². The molecular formula is C25H37NO4. The van der Waals surface area contributed by atoms with Gasteiger partial charge in [0.1, 0.15) is 5.75 Å². The van der Waals surface area contributed by atoms with Crippen molar-refractivity contribution in [1.82, 2.24) is 5.32 Å². The third-order valence-corrected chi connectivity index (χ3v) is 4.58. The van der Waals surface area contributed by atoms with Gasteiger partial charge in [0.2, 0.25) is 0 Å². The molecule has 0 radical (unpaired) electrons. The summed E-state index contributed by atoms with van der Waals surface area (Å²) in [7, 11) is 0. The van der Waals surface area contributed by atoms with E-state index in [2.05, 4.69) is 5.32 Å². The molecule has 0 amide bonds. The summed E-state index contributed by atoms with van der Waals surface area (Å²) in [5, 5.41) is 32.6. The summed E-state index contributed by atoms with van der Waals surface area (Å²) < 4.78 is 61.0.